The fourth-order valence-corrected chi connectivity index (χ4v) is 0. The van der Waals surface area contributed by atoms with Gasteiger partial charge in [-0.25, -0.2) is 0 Å². The molecule has 0 aromatic heterocycles. The second kappa shape index (κ2) is 19.4. The Kier molecular flexibility index (Phi) is 55.6. The molecule has 0 rings (SSSR count). The van der Waals surface area contributed by atoms with Crippen LogP contribution in [-0.4, -0.2) is 0 Å². The van der Waals surface area contributed by atoms with Gasteiger partial charge in [0.05, 0.1) is 0 Å². The number of hydrogen-bond acceptors (Lipinski definition) is 8. The Morgan fingerprint density at radius 3 is 0.600 bits per heavy atom. The maximum Gasteiger partial charge on any atom is 3.00 e. The summed E-state index contributed by atoms with van der Waals surface area (Å²) in [5, 5.41) is 0. The molecule has 0 aromatic rings. The van der Waals surface area contributed by atoms with Gasteiger partial charge in [0, 0.05) is 17.1 Å². The third-order valence-corrected chi connectivity index (χ3v) is 0. The molecule has 0 atom stereocenters. The first-order chi connectivity index (χ1) is 4.00. The summed E-state index contributed by atoms with van der Waals surface area (Å²) in [4.78, 5) is 51.3. The Labute approximate surface area is 143 Å². The van der Waals surface area contributed by atoms with Crippen molar-refractivity contribution in [1.29, 1.82) is 0 Å². The summed E-state index contributed by atoms with van der Waals surface area (Å²) < 4.78 is 17.1. The van der Waals surface area contributed by atoms with Crippen LogP contribution in [0, 0.1) is 0 Å². The van der Waals surface area contributed by atoms with Gasteiger partial charge in [0.25, 0.3) is 0 Å². The van der Waals surface area contributed by atoms with E-state index in [2.05, 4.69) is 0 Å². The molecule has 0 saturated carbocycles. The van der Waals surface area contributed by atoms with Gasteiger partial charge in [0.15, 0.2) is 0 Å². The van der Waals surface area contributed by atoms with Gasteiger partial charge in [-0.3, -0.25) is 0 Å². The summed E-state index contributed by atoms with van der Waals surface area (Å²) in [5.41, 5.74) is 0. The van der Waals surface area contributed by atoms with E-state index in [1.165, 1.54) is 0 Å². The molecule has 0 unspecified atom stereocenters. The number of phosphoric acid groups is 2. The fraction of sp³-hybridized carbons (Fsp3) is 0. The average Bonchev–Trinajstić information content (AvgIpc) is 1.12. The van der Waals surface area contributed by atoms with Crippen molar-refractivity contribution < 1.29 is 129 Å². The van der Waals surface area contributed by atoms with Crippen LogP contribution in [0.4, 0.5) is 0 Å². The van der Waals surface area contributed by atoms with Gasteiger partial charge in [0.2, 0.25) is 0 Å². The van der Waals surface area contributed by atoms with E-state index >= 15 is 0 Å². The summed E-state index contributed by atoms with van der Waals surface area (Å²) in [5.74, 6) is 0. The summed E-state index contributed by atoms with van der Waals surface area (Å²) in [6, 6.07) is 0. The number of rotatable bonds is 0. The third kappa shape index (κ3) is 415. The minimum Gasteiger partial charge on any atom is -0.822 e. The summed E-state index contributed by atoms with van der Waals surface area (Å²) in [6.45, 7) is 0. The fourth-order valence-electron chi connectivity index (χ4n) is 0. The monoisotopic (exact) mass is 322 g/mol. The normalized spacial score (nSPS) is 7.87. The molecule has 0 heterocycles. The van der Waals surface area contributed by atoms with E-state index in [0.29, 0.717) is 0 Å². The Balaban J connectivity index is -0.0000000128. The Morgan fingerprint density at radius 1 is 0.600 bits per heavy atom. The van der Waals surface area contributed by atoms with E-state index in [9.17, 15) is 0 Å². The van der Waals surface area contributed by atoms with Crippen molar-refractivity contribution >= 4 is 15.6 Å². The first-order valence-electron chi connectivity index (χ1n) is 1.46. The van der Waals surface area contributed by atoms with Crippen molar-refractivity contribution in [2.45, 2.75) is 0 Å². The zero-order valence-corrected chi connectivity index (χ0v) is 12.0. The minimum atomic E-state index is -5.39. The van der Waals surface area contributed by atoms with E-state index < -0.39 is 15.6 Å². The van der Waals surface area contributed by atoms with E-state index in [-0.39, 0.29) is 90.7 Å². The maximum absolute atomic E-state index is 8.55. The van der Waals surface area contributed by atoms with Gasteiger partial charge in [0.1, 0.15) is 0 Å². The summed E-state index contributed by atoms with van der Waals surface area (Å²) in [7, 11) is -10.8. The van der Waals surface area contributed by atoms with Crippen LogP contribution < -0.4 is 85.9 Å². The van der Waals surface area contributed by atoms with E-state index in [4.69, 9.17) is 38.5 Å². The zero-order valence-electron chi connectivity index (χ0n) is 7.89. The van der Waals surface area contributed by atoms with E-state index in [1.54, 1.807) is 0 Å². The predicted molar refractivity (Wildman–Crippen MR) is 15.2 cm³/mol. The molecule has 0 aliphatic carbocycles. The molecule has 0 N–H and O–H groups in total. The quantitative estimate of drug-likeness (QED) is 0.312. The summed E-state index contributed by atoms with van der Waals surface area (Å²) >= 11 is 0. The van der Waals surface area contributed by atoms with Gasteiger partial charge in [-0.2, -0.15) is 15.6 Å². The minimum absolute atomic E-state index is 0. The van der Waals surface area contributed by atoms with Crippen molar-refractivity contribution in [1.82, 2.24) is 0 Å². The number of hydrogen-bond donors (Lipinski definition) is 0. The van der Waals surface area contributed by atoms with Gasteiger partial charge in [-0.05, 0) is 0 Å². The smallest absolute Gasteiger partial charge is 0.822 e. The predicted octanol–water partition coefficient (Wildman–Crippen LogP) is -14.6. The van der Waals surface area contributed by atoms with Crippen LogP contribution >= 0.6 is 15.6 Å². The van der Waals surface area contributed by atoms with Crippen LogP contribution in [-0.2, 0) is 43.3 Å². The van der Waals surface area contributed by atoms with E-state index in [1.807, 2.05) is 0 Å². The van der Waals surface area contributed by atoms with Crippen molar-refractivity contribution in [2.24, 2.45) is 0 Å². The van der Waals surface area contributed by atoms with Crippen LogP contribution in [0.3, 0.4) is 0 Å². The third-order valence-electron chi connectivity index (χ3n) is 0. The van der Waals surface area contributed by atoms with Crippen LogP contribution in [0.5, 0.6) is 0 Å². The zero-order chi connectivity index (χ0) is 9.00. The van der Waals surface area contributed by atoms with Crippen LogP contribution in [0.25, 0.3) is 0 Å². The second-order valence-corrected chi connectivity index (χ2v) is 2.68. The van der Waals surface area contributed by atoms with Crippen molar-refractivity contribution in [3.05, 3.63) is 0 Å². The van der Waals surface area contributed by atoms with Gasteiger partial charge >= 0.3 is 73.7 Å². The van der Waals surface area contributed by atoms with Crippen LogP contribution in [0.15, 0.2) is 0 Å². The van der Waals surface area contributed by atoms with Gasteiger partial charge in [-0.15, -0.1) is 0 Å². The molecule has 15 heteroatoms. The standard InChI is InChI=1S/Fe.3Li.Mn.2H3O4P/c;;;;;2*1-5(2,3)4/h;;;;;2*(H3,1,2,3,4)/q+3;3*+1;;;/p-6. The topological polar surface area (TPSA) is 172 Å². The molecule has 0 amide bonds. The molecule has 2 radical (unpaired) electrons. The molecule has 0 fully saturated rings. The molecule has 15 heavy (non-hydrogen) atoms. The van der Waals surface area contributed by atoms with Crippen molar-refractivity contribution in [3.8, 4) is 0 Å². The Bertz CT molecular complexity index is 140. The molecule has 76 valence electrons. The average molecular weight is 322 g/mol. The Morgan fingerprint density at radius 2 is 0.600 bits per heavy atom. The van der Waals surface area contributed by atoms with Crippen LogP contribution in [0.1, 0.15) is 0 Å². The molecule has 0 aliphatic rings. The van der Waals surface area contributed by atoms with E-state index in [0.717, 1.165) is 0 Å². The second-order valence-electron chi connectivity index (χ2n) is 0.894. The SMILES string of the molecule is O=P([O-])([O-])[O-].O=P([O-])([O-])[O-].[Fe+3].[Li+].[Li+].[Li+].[Mn]. The molecule has 0 bridgehead atoms. The first kappa shape index (κ1) is 43.0. The van der Waals surface area contributed by atoms with Gasteiger partial charge < -0.3 is 38.5 Å². The molecule has 0 saturated heterocycles. The molecule has 0 aliphatic heterocycles. The molecule has 0 aromatic carbocycles. The summed E-state index contributed by atoms with van der Waals surface area (Å²) in [6.07, 6.45) is 0. The molecular weight excluding hydrogens is 322 g/mol. The van der Waals surface area contributed by atoms with Crippen molar-refractivity contribution in [3.63, 3.8) is 0 Å². The molecular formula is FeLi3MnO8P2. The largest absolute Gasteiger partial charge is 3.00 e. The van der Waals surface area contributed by atoms with Crippen LogP contribution in [0.2, 0.25) is 0 Å². The first-order valence-corrected chi connectivity index (χ1v) is 4.38. The Hall–Kier alpha value is 3.05. The van der Waals surface area contributed by atoms with Crippen molar-refractivity contribution in [2.75, 3.05) is 0 Å². The molecule has 8 nitrogen and oxygen atoms in total. The maximum atomic E-state index is 8.55. The molecule has 0 spiro atoms. The van der Waals surface area contributed by atoms with Gasteiger partial charge in [-0.1, -0.05) is 0 Å².